The molecule has 85 heavy (non-hydrogen) atoms. The molecule has 3 aromatic carbocycles. The molecule has 3 N–H and O–H groups in total. The predicted molar refractivity (Wildman–Crippen MR) is 296 cm³/mol. The van der Waals surface area contributed by atoms with Crippen LogP contribution >= 0.6 is 0 Å². The number of aromatic amines is 1. The van der Waals surface area contributed by atoms with E-state index in [4.69, 9.17) is 0 Å². The lowest BCUT2D eigenvalue weighted by atomic mass is 10.0. The zero-order chi connectivity index (χ0) is 60.1. The van der Waals surface area contributed by atoms with Crippen molar-refractivity contribution < 1.29 is 53.1 Å². The van der Waals surface area contributed by atoms with E-state index >= 15 is 0 Å². The van der Waals surface area contributed by atoms with Gasteiger partial charge in [0.05, 0.1) is 42.5 Å². The lowest BCUT2D eigenvalue weighted by molar-refractivity contribution is 0.0940. The third-order valence-corrected chi connectivity index (χ3v) is 14.9. The van der Waals surface area contributed by atoms with Gasteiger partial charge in [-0.3, -0.25) is 19.2 Å². The van der Waals surface area contributed by atoms with Gasteiger partial charge in [-0.05, 0) is 131 Å². The molecule has 8 heterocycles. The molecule has 0 saturated heterocycles. The van der Waals surface area contributed by atoms with Crippen molar-refractivity contribution in [1.29, 1.82) is 0 Å². The van der Waals surface area contributed by atoms with Gasteiger partial charge in [-0.15, -0.1) is 0 Å². The van der Waals surface area contributed by atoms with Crippen molar-refractivity contribution in [2.24, 2.45) is 0 Å². The first-order valence-electron chi connectivity index (χ1n) is 25.4. The molecule has 11 aromatic rings. The number of carbonyl (C=O) groups is 2. The largest absolute Gasteiger partial charge is 0.346 e. The van der Waals surface area contributed by atoms with Crippen molar-refractivity contribution in [3.63, 3.8) is 0 Å². The molecular formula is C60H42F8N10O6S. The fourth-order valence-corrected chi connectivity index (χ4v) is 10.5. The Bertz CT molecular complexity index is 4600. The number of alkyl halides is 4. The van der Waals surface area contributed by atoms with Crippen LogP contribution in [-0.4, -0.2) is 58.3 Å². The number of hydrogen-bond donors (Lipinski definition) is 3. The Morgan fingerprint density at radius 3 is 1.58 bits per heavy atom. The third kappa shape index (κ3) is 12.7. The molecule has 2 amide bonds. The molecule has 0 saturated carbocycles. The molecule has 430 valence electrons. The van der Waals surface area contributed by atoms with Crippen LogP contribution < -0.4 is 21.8 Å². The predicted octanol–water partition coefficient (Wildman–Crippen LogP) is 10.7. The minimum atomic E-state index is -4.11. The second-order valence-electron chi connectivity index (χ2n) is 18.9. The number of rotatable bonds is 16. The number of benzene rings is 3. The Morgan fingerprint density at radius 1 is 0.553 bits per heavy atom. The maximum absolute atomic E-state index is 14.0. The smallest absolute Gasteiger partial charge is 0.280 e. The Morgan fingerprint density at radius 2 is 1.06 bits per heavy atom. The van der Waals surface area contributed by atoms with E-state index in [1.165, 1.54) is 90.0 Å². The maximum atomic E-state index is 14.0. The highest BCUT2D eigenvalue weighted by atomic mass is 32.2. The second kappa shape index (κ2) is 24.6. The van der Waals surface area contributed by atoms with Crippen LogP contribution in [0.5, 0.6) is 0 Å². The summed E-state index contributed by atoms with van der Waals surface area (Å²) in [6, 6.07) is 31.7. The molecule has 0 aliphatic rings. The Kier molecular flexibility index (Phi) is 16.7. The van der Waals surface area contributed by atoms with E-state index in [2.05, 4.69) is 35.6 Å². The quantitative estimate of drug-likeness (QED) is 0.0780. The standard InChI is InChI=1S/C33H23F4N5O4S.C27H19F4N5O2/c34-27-11-10-20(14-28(27)35)18-41-13-5-9-25(33(41)44)32(43)39-17-22-15-21(16-29(40-22)30(36)37)26-19-42(31-24(26)8-4-12-38-31)47(45,46)23-6-2-1-3-7-23;28-21-6-5-15(9-22(21)29)14-36-8-2-4-19(27(36)38)26(37)34-12-17-10-16(11-23(35-17)24(30)31)20-13-33-25-18(20)3-1-7-32-25/h1-16,19,30H,17-18H2,(H,39,43);1-11,13,24H,12,14H2,(H,32,33)(H,34,37). The average molecular weight is 1180 g/mol. The van der Waals surface area contributed by atoms with Crippen molar-refractivity contribution in [2.75, 3.05) is 0 Å². The first-order valence-corrected chi connectivity index (χ1v) is 26.9. The summed E-state index contributed by atoms with van der Waals surface area (Å²) in [6.45, 7) is -0.799. The summed E-state index contributed by atoms with van der Waals surface area (Å²) in [7, 11) is -4.11. The fraction of sp³-hybridized carbons (Fsp3) is 0.100. The molecule has 11 rings (SSSR count). The van der Waals surface area contributed by atoms with Crippen LogP contribution in [0.15, 0.2) is 191 Å². The molecule has 0 aliphatic carbocycles. The van der Waals surface area contributed by atoms with Gasteiger partial charge in [-0.2, -0.15) is 0 Å². The minimum absolute atomic E-state index is 0.00491. The topological polar surface area (TPSA) is 209 Å². The molecule has 8 aromatic heterocycles. The lowest BCUT2D eigenvalue weighted by Crippen LogP contribution is -2.33. The summed E-state index contributed by atoms with van der Waals surface area (Å²) in [4.78, 5) is 71.1. The molecule has 25 heteroatoms. The van der Waals surface area contributed by atoms with Crippen LogP contribution in [0.2, 0.25) is 0 Å². The van der Waals surface area contributed by atoms with Crippen molar-refractivity contribution in [3.05, 3.63) is 266 Å². The van der Waals surface area contributed by atoms with E-state index in [0.29, 0.717) is 27.7 Å². The number of fused-ring (bicyclic) bond motifs is 2. The van der Waals surface area contributed by atoms with E-state index in [1.54, 1.807) is 60.9 Å². The number of hydrogen-bond acceptors (Lipinski definition) is 10. The van der Waals surface area contributed by atoms with Gasteiger partial charge < -0.3 is 24.8 Å². The monoisotopic (exact) mass is 1180 g/mol. The molecule has 16 nitrogen and oxygen atoms in total. The molecule has 0 spiro atoms. The molecule has 0 radical (unpaired) electrons. The molecule has 0 unspecified atom stereocenters. The summed E-state index contributed by atoms with van der Waals surface area (Å²) in [5.74, 6) is -5.75. The fourth-order valence-electron chi connectivity index (χ4n) is 9.15. The number of halogens is 8. The van der Waals surface area contributed by atoms with Gasteiger partial charge in [0.2, 0.25) is 0 Å². The van der Waals surface area contributed by atoms with Crippen LogP contribution in [-0.2, 0) is 36.2 Å². The van der Waals surface area contributed by atoms with Crippen molar-refractivity contribution in [3.8, 4) is 22.3 Å². The van der Waals surface area contributed by atoms with Crippen molar-refractivity contribution >= 4 is 43.9 Å². The minimum Gasteiger partial charge on any atom is -0.346 e. The van der Waals surface area contributed by atoms with Gasteiger partial charge in [0.1, 0.15) is 28.2 Å². The lowest BCUT2D eigenvalue weighted by Gasteiger charge is -2.11. The van der Waals surface area contributed by atoms with Crippen LogP contribution in [0.3, 0.4) is 0 Å². The summed E-state index contributed by atoms with van der Waals surface area (Å²) < 4.78 is 139. The Balaban J connectivity index is 0.000000193. The van der Waals surface area contributed by atoms with Gasteiger partial charge in [-0.25, -0.2) is 67.4 Å². The second-order valence-corrected chi connectivity index (χ2v) is 20.7. The zero-order valence-electron chi connectivity index (χ0n) is 43.7. The molecule has 0 atom stereocenters. The van der Waals surface area contributed by atoms with Crippen LogP contribution in [0, 0.1) is 23.3 Å². The van der Waals surface area contributed by atoms with Gasteiger partial charge in [-0.1, -0.05) is 30.3 Å². The SMILES string of the molecule is O=C(NCc1cc(-c2c[nH]c3ncccc23)cc(C(F)F)n1)c1cccn(Cc2ccc(F)c(F)c2)c1=O.O=C(NCc1cc(-c2cn(S(=O)(=O)c3ccccc3)c3ncccc23)cc(C(F)F)n1)c1cccn(Cc2ccc(F)c(F)c2)c1=O. The summed E-state index contributed by atoms with van der Waals surface area (Å²) >= 11 is 0. The average Bonchev–Trinajstić information content (AvgIpc) is 2.83. The molecule has 0 aliphatic heterocycles. The van der Waals surface area contributed by atoms with E-state index in [0.717, 1.165) is 44.3 Å². The zero-order valence-corrected chi connectivity index (χ0v) is 44.6. The Labute approximate surface area is 475 Å². The van der Waals surface area contributed by atoms with E-state index in [1.807, 2.05) is 0 Å². The molecular weight excluding hydrogens is 1140 g/mol. The van der Waals surface area contributed by atoms with Gasteiger partial charge >= 0.3 is 0 Å². The number of nitrogens with zero attached hydrogens (tertiary/aromatic N) is 7. The van der Waals surface area contributed by atoms with Gasteiger partial charge in [0.15, 0.2) is 28.9 Å². The first kappa shape index (κ1) is 57.8. The number of aromatic nitrogens is 8. The highest BCUT2D eigenvalue weighted by Crippen LogP contribution is 2.35. The normalized spacial score (nSPS) is 11.5. The van der Waals surface area contributed by atoms with Crippen LogP contribution in [0.4, 0.5) is 35.1 Å². The number of amides is 2. The first-order chi connectivity index (χ1) is 40.8. The number of nitrogens with one attached hydrogen (secondary N) is 3. The maximum Gasteiger partial charge on any atom is 0.280 e. The van der Waals surface area contributed by atoms with E-state index in [-0.39, 0.29) is 75.9 Å². The highest BCUT2D eigenvalue weighted by molar-refractivity contribution is 7.90. The highest BCUT2D eigenvalue weighted by Gasteiger charge is 2.25. The van der Waals surface area contributed by atoms with Gasteiger partial charge in [0.25, 0.3) is 45.8 Å². The third-order valence-electron chi connectivity index (χ3n) is 13.2. The number of H-pyrrole nitrogens is 1. The molecule has 0 bridgehead atoms. The Hall–Kier alpha value is -10.4. The summed E-state index contributed by atoms with van der Waals surface area (Å²) in [6.07, 6.45) is 2.93. The van der Waals surface area contributed by atoms with E-state index < -0.39 is 80.5 Å². The van der Waals surface area contributed by atoms with Crippen LogP contribution in [0.1, 0.15) is 67.5 Å². The summed E-state index contributed by atoms with van der Waals surface area (Å²) in [5.41, 5.74) is 0.147. The number of pyridine rings is 6. The van der Waals surface area contributed by atoms with Crippen molar-refractivity contribution in [1.82, 2.24) is 48.7 Å². The summed E-state index contributed by atoms with van der Waals surface area (Å²) in [5, 5.41) is 6.17. The number of carbonyl (C=O) groups excluding carboxylic acids is 2. The van der Waals surface area contributed by atoms with Crippen LogP contribution in [0.25, 0.3) is 44.3 Å². The van der Waals surface area contributed by atoms with Gasteiger partial charge in [0, 0.05) is 59.1 Å². The van der Waals surface area contributed by atoms with E-state index in [9.17, 15) is 62.7 Å². The molecule has 0 fully saturated rings. The van der Waals surface area contributed by atoms with Crippen molar-refractivity contribution in [2.45, 2.75) is 43.9 Å².